The van der Waals surface area contributed by atoms with Gasteiger partial charge in [-0.05, 0) is 52.9 Å². The summed E-state index contributed by atoms with van der Waals surface area (Å²) in [5, 5.41) is 11.0. The normalized spacial score (nSPS) is 37.1. The highest BCUT2D eigenvalue weighted by atomic mass is 16.6. The van der Waals surface area contributed by atoms with E-state index in [1.165, 1.54) is 12.5 Å². The first-order valence-corrected chi connectivity index (χ1v) is 9.70. The van der Waals surface area contributed by atoms with E-state index in [0.717, 1.165) is 18.4 Å². The molecule has 0 amide bonds. The number of rotatable bonds is 1. The second-order valence-corrected chi connectivity index (χ2v) is 8.15. The lowest BCUT2D eigenvalue weighted by atomic mass is 9.78. The Labute approximate surface area is 162 Å². The highest BCUT2D eigenvalue weighted by Crippen LogP contribution is 2.37. The van der Waals surface area contributed by atoms with Gasteiger partial charge in [0.05, 0.1) is 5.60 Å². The summed E-state index contributed by atoms with van der Waals surface area (Å²) in [6.07, 6.45) is 7.17. The van der Waals surface area contributed by atoms with Crippen molar-refractivity contribution in [2.75, 3.05) is 0 Å². The molecule has 2 aliphatic rings. The van der Waals surface area contributed by atoms with Gasteiger partial charge in [0, 0.05) is 24.8 Å². The summed E-state index contributed by atoms with van der Waals surface area (Å²) in [6, 6.07) is 0. The van der Waals surface area contributed by atoms with E-state index in [0.29, 0.717) is 31.3 Å². The average Bonchev–Trinajstić information content (AvgIpc) is 2.55. The number of fused-ring (bicyclic) bond motifs is 2. The van der Waals surface area contributed by atoms with Crippen LogP contribution in [0.3, 0.4) is 0 Å². The lowest BCUT2D eigenvalue weighted by molar-refractivity contribution is -0.174. The highest BCUT2D eigenvalue weighted by molar-refractivity contribution is 5.89. The van der Waals surface area contributed by atoms with Gasteiger partial charge in [-0.1, -0.05) is 29.9 Å². The van der Waals surface area contributed by atoms with Crippen molar-refractivity contribution < 1.29 is 24.2 Å². The van der Waals surface area contributed by atoms with E-state index < -0.39 is 23.8 Å². The summed E-state index contributed by atoms with van der Waals surface area (Å²) in [6.45, 7) is 11.1. The highest BCUT2D eigenvalue weighted by Gasteiger charge is 2.45. The molecule has 5 heteroatoms. The third kappa shape index (κ3) is 5.80. The molecule has 5 nitrogen and oxygen atoms in total. The van der Waals surface area contributed by atoms with Gasteiger partial charge in [-0.15, -0.1) is 0 Å². The van der Waals surface area contributed by atoms with Crippen LogP contribution < -0.4 is 0 Å². The standard InChI is InChI=1S/C22H32O5/c1-14-8-6-9-15(2)12-19(26-17(4)23)18-13-20(27-21(24)16(18)3)22(5,25)11-7-10-14/h9-10,18-20,25H,3,6-8,11-13H2,1-2,4-5H3/b14-10+,15-9+/t18?,19?,20?,22-/m1/s1. The SMILES string of the molecule is C=C1C(=O)OC2CC1C(OC(C)=O)C/C(C)=C/CC/C(C)=C/CC[C@@]2(C)O. The Morgan fingerprint density at radius 3 is 2.63 bits per heavy atom. The lowest BCUT2D eigenvalue weighted by Crippen LogP contribution is -2.49. The van der Waals surface area contributed by atoms with Gasteiger partial charge in [-0.25, -0.2) is 4.79 Å². The third-order valence-electron chi connectivity index (χ3n) is 5.58. The predicted molar refractivity (Wildman–Crippen MR) is 104 cm³/mol. The molecule has 2 bridgehead atoms. The van der Waals surface area contributed by atoms with E-state index in [1.807, 2.05) is 6.92 Å². The van der Waals surface area contributed by atoms with Crippen molar-refractivity contribution in [1.29, 1.82) is 0 Å². The van der Waals surface area contributed by atoms with Crippen molar-refractivity contribution in [2.45, 2.75) is 84.0 Å². The van der Waals surface area contributed by atoms with Gasteiger partial charge in [0.1, 0.15) is 12.2 Å². The molecule has 1 saturated heterocycles. The zero-order valence-corrected chi connectivity index (χ0v) is 16.9. The number of carbonyl (C=O) groups is 2. The maximum absolute atomic E-state index is 12.4. The van der Waals surface area contributed by atoms with Crippen LogP contribution in [0.5, 0.6) is 0 Å². The summed E-state index contributed by atoms with van der Waals surface area (Å²) in [5.74, 6) is -1.27. The molecule has 0 saturated carbocycles. The van der Waals surface area contributed by atoms with E-state index >= 15 is 0 Å². The van der Waals surface area contributed by atoms with E-state index in [9.17, 15) is 14.7 Å². The topological polar surface area (TPSA) is 72.8 Å². The van der Waals surface area contributed by atoms with Crippen LogP contribution in [0, 0.1) is 5.92 Å². The molecular weight excluding hydrogens is 344 g/mol. The molecule has 3 unspecified atom stereocenters. The fraction of sp³-hybridized carbons (Fsp3) is 0.636. The lowest BCUT2D eigenvalue weighted by Gasteiger charge is -2.40. The number of ether oxygens (including phenoxy) is 2. The molecule has 27 heavy (non-hydrogen) atoms. The Bertz CT molecular complexity index is 656. The van der Waals surface area contributed by atoms with Crippen molar-refractivity contribution in [2.24, 2.45) is 5.92 Å². The largest absolute Gasteiger partial charge is 0.462 e. The van der Waals surface area contributed by atoms with E-state index in [2.05, 4.69) is 25.7 Å². The fourth-order valence-corrected chi connectivity index (χ4v) is 3.83. The fourth-order valence-electron chi connectivity index (χ4n) is 3.83. The van der Waals surface area contributed by atoms with E-state index in [-0.39, 0.29) is 11.9 Å². The van der Waals surface area contributed by atoms with Crippen molar-refractivity contribution in [1.82, 2.24) is 0 Å². The first-order chi connectivity index (χ1) is 12.6. The second-order valence-electron chi connectivity index (χ2n) is 8.15. The van der Waals surface area contributed by atoms with Crippen molar-refractivity contribution in [3.05, 3.63) is 35.5 Å². The number of carbonyl (C=O) groups excluding carboxylic acids is 2. The Morgan fingerprint density at radius 1 is 1.30 bits per heavy atom. The number of aliphatic hydroxyl groups is 1. The van der Waals surface area contributed by atoms with Crippen LogP contribution >= 0.6 is 0 Å². The van der Waals surface area contributed by atoms with Gasteiger partial charge in [-0.2, -0.15) is 0 Å². The minimum absolute atomic E-state index is 0.309. The van der Waals surface area contributed by atoms with Gasteiger partial charge < -0.3 is 14.6 Å². The maximum atomic E-state index is 12.4. The quantitative estimate of drug-likeness (QED) is 0.425. The Morgan fingerprint density at radius 2 is 1.96 bits per heavy atom. The van der Waals surface area contributed by atoms with Gasteiger partial charge in [0.2, 0.25) is 0 Å². The Hall–Kier alpha value is -1.88. The summed E-state index contributed by atoms with van der Waals surface area (Å²) in [4.78, 5) is 24.1. The minimum Gasteiger partial charge on any atom is -0.462 e. The molecule has 150 valence electrons. The molecule has 0 aromatic heterocycles. The van der Waals surface area contributed by atoms with Gasteiger partial charge in [0.15, 0.2) is 0 Å². The molecule has 0 aromatic carbocycles. The van der Waals surface area contributed by atoms with Crippen LogP contribution in [0.2, 0.25) is 0 Å². The van der Waals surface area contributed by atoms with Gasteiger partial charge in [0.25, 0.3) is 0 Å². The summed E-state index contributed by atoms with van der Waals surface area (Å²) >= 11 is 0. The Kier molecular flexibility index (Phi) is 7.04. The van der Waals surface area contributed by atoms with Crippen LogP contribution in [0.1, 0.15) is 66.2 Å². The van der Waals surface area contributed by atoms with E-state index in [4.69, 9.17) is 9.47 Å². The predicted octanol–water partition coefficient (Wildman–Crippen LogP) is 4.01. The molecule has 1 fully saturated rings. The number of hydrogen-bond donors (Lipinski definition) is 1. The first kappa shape index (κ1) is 21.4. The molecule has 1 N–H and O–H groups in total. The number of allylic oxidation sites excluding steroid dienone is 3. The zero-order chi connectivity index (χ0) is 20.2. The minimum atomic E-state index is -1.15. The smallest absolute Gasteiger partial charge is 0.334 e. The molecule has 0 radical (unpaired) electrons. The average molecular weight is 376 g/mol. The van der Waals surface area contributed by atoms with Crippen LogP contribution in [-0.4, -0.2) is 34.9 Å². The van der Waals surface area contributed by atoms with Crippen molar-refractivity contribution >= 4 is 11.9 Å². The summed E-state index contributed by atoms with van der Waals surface area (Å²) in [5.41, 5.74) is 1.54. The molecule has 1 aliphatic carbocycles. The van der Waals surface area contributed by atoms with Crippen LogP contribution in [0.4, 0.5) is 0 Å². The monoisotopic (exact) mass is 376 g/mol. The van der Waals surface area contributed by atoms with Crippen molar-refractivity contribution in [3.63, 3.8) is 0 Å². The van der Waals surface area contributed by atoms with Gasteiger partial charge in [-0.3, -0.25) is 4.79 Å². The molecular formula is C22H32O5. The summed E-state index contributed by atoms with van der Waals surface area (Å²) < 4.78 is 11.1. The summed E-state index contributed by atoms with van der Waals surface area (Å²) in [7, 11) is 0. The Balaban J connectivity index is 2.38. The molecule has 2 rings (SSSR count). The van der Waals surface area contributed by atoms with E-state index in [1.54, 1.807) is 6.92 Å². The number of esters is 2. The van der Waals surface area contributed by atoms with Crippen LogP contribution in [0.15, 0.2) is 35.5 Å². The second kappa shape index (κ2) is 8.87. The molecule has 0 spiro atoms. The van der Waals surface area contributed by atoms with Crippen LogP contribution in [0.25, 0.3) is 0 Å². The number of hydrogen-bond acceptors (Lipinski definition) is 5. The van der Waals surface area contributed by atoms with Crippen LogP contribution in [-0.2, 0) is 19.1 Å². The maximum Gasteiger partial charge on any atom is 0.334 e. The molecule has 4 atom stereocenters. The molecule has 0 aromatic rings. The molecule has 1 aliphatic heterocycles. The third-order valence-corrected chi connectivity index (χ3v) is 5.58. The first-order valence-electron chi connectivity index (χ1n) is 9.70. The van der Waals surface area contributed by atoms with Crippen molar-refractivity contribution in [3.8, 4) is 0 Å². The zero-order valence-electron chi connectivity index (χ0n) is 16.9. The molecule has 1 heterocycles. The van der Waals surface area contributed by atoms with Gasteiger partial charge >= 0.3 is 11.9 Å².